The van der Waals surface area contributed by atoms with Gasteiger partial charge < -0.3 is 26.2 Å². The van der Waals surface area contributed by atoms with Crippen LogP contribution in [0.3, 0.4) is 0 Å². The number of hydrogen-bond acceptors (Lipinski definition) is 5. The molecule has 0 heterocycles. The predicted molar refractivity (Wildman–Crippen MR) is 209 cm³/mol. The Morgan fingerprint density at radius 2 is 1.14 bits per heavy atom. The maximum atomic E-state index is 15.1. The van der Waals surface area contributed by atoms with Gasteiger partial charge >= 0.3 is 11.9 Å². The minimum Gasteiger partial charge on any atom is -0.478 e. The number of benzene rings is 3. The van der Waals surface area contributed by atoms with E-state index in [1.165, 1.54) is 31.4 Å². The van der Waals surface area contributed by atoms with Crippen molar-refractivity contribution in [1.82, 2.24) is 10.6 Å². The lowest BCUT2D eigenvalue weighted by Crippen LogP contribution is -2.57. The van der Waals surface area contributed by atoms with Crippen molar-refractivity contribution in [3.05, 3.63) is 100 Å². The number of carboxylic acids is 2. The molecule has 3 amide bonds. The summed E-state index contributed by atoms with van der Waals surface area (Å²) in [6, 6.07) is 18.8. The summed E-state index contributed by atoms with van der Waals surface area (Å²) in [5.41, 5.74) is 3.79. The third-order valence-electron chi connectivity index (χ3n) is 14.5. The van der Waals surface area contributed by atoms with Crippen LogP contribution in [0.5, 0.6) is 0 Å². The van der Waals surface area contributed by atoms with E-state index in [0.29, 0.717) is 13.0 Å². The second-order valence-electron chi connectivity index (χ2n) is 18.1. The van der Waals surface area contributed by atoms with E-state index in [1.807, 2.05) is 24.3 Å². The Morgan fingerprint density at radius 3 is 1.62 bits per heavy atom. The summed E-state index contributed by atoms with van der Waals surface area (Å²) in [6.07, 6.45) is 12.8. The lowest BCUT2D eigenvalue weighted by atomic mass is 9.49. The minimum absolute atomic E-state index is 0.0247. The zero-order valence-corrected chi connectivity index (χ0v) is 31.7. The second kappa shape index (κ2) is 14.5. The van der Waals surface area contributed by atoms with E-state index in [0.717, 1.165) is 97.4 Å². The maximum Gasteiger partial charge on any atom is 0.335 e. The van der Waals surface area contributed by atoms with Gasteiger partial charge in [0.1, 0.15) is 6.04 Å². The molecule has 2 unspecified atom stereocenters. The van der Waals surface area contributed by atoms with Crippen molar-refractivity contribution in [2.75, 3.05) is 11.9 Å². The van der Waals surface area contributed by atoms with Crippen LogP contribution in [0.4, 0.5) is 5.69 Å². The Balaban J connectivity index is 1.04. The average Bonchev–Trinajstić information content (AvgIpc) is 3.19. The predicted octanol–water partition coefficient (Wildman–Crippen LogP) is 7.33. The fourth-order valence-corrected chi connectivity index (χ4v) is 12.6. The van der Waals surface area contributed by atoms with Crippen LogP contribution in [0.2, 0.25) is 0 Å². The summed E-state index contributed by atoms with van der Waals surface area (Å²) in [6.45, 7) is 0.626. The van der Waals surface area contributed by atoms with Crippen LogP contribution in [0.25, 0.3) is 0 Å². The highest BCUT2D eigenvalue weighted by Crippen LogP contribution is 2.61. The number of fused-ring (bicyclic) bond motifs is 1. The SMILES string of the molecule is O=C(O)c1cc(NC(=O)[C@@H](CC2CCCCC2)NC(=O)C2C3c4ccccc4C(c4ccccc43)C2C(=O)NCC23CC4CC(CC(C4)C2)C3)cc(C(=O)O)c1. The van der Waals surface area contributed by atoms with E-state index in [2.05, 4.69) is 40.2 Å². The molecule has 3 aromatic rings. The van der Waals surface area contributed by atoms with E-state index < -0.39 is 41.6 Å². The normalized spacial score (nSPS) is 30.1. The third kappa shape index (κ3) is 6.68. The molecular weight excluding hydrogens is 707 g/mol. The van der Waals surface area contributed by atoms with Gasteiger partial charge in [-0.25, -0.2) is 9.59 Å². The van der Waals surface area contributed by atoms with Crippen LogP contribution >= 0.6 is 0 Å². The molecule has 3 atom stereocenters. The molecule has 8 aliphatic carbocycles. The van der Waals surface area contributed by atoms with Gasteiger partial charge in [-0.1, -0.05) is 80.6 Å². The highest BCUT2D eigenvalue weighted by molar-refractivity contribution is 6.02. The number of hydrogen-bond donors (Lipinski definition) is 5. The molecule has 6 bridgehead atoms. The van der Waals surface area contributed by atoms with Gasteiger partial charge in [0.15, 0.2) is 0 Å². The Hall–Kier alpha value is -4.99. The highest BCUT2D eigenvalue weighted by Gasteiger charge is 2.56. The zero-order valence-electron chi connectivity index (χ0n) is 31.7. The third-order valence-corrected chi connectivity index (χ3v) is 14.5. The standard InChI is InChI=1S/C46H51N3O7/c50-41(48-31-19-29(44(53)54)18-30(20-31)45(55)56)36(17-25-8-2-1-3-9-25)49-43(52)40-38-34-12-6-4-10-32(34)37(33-11-5-7-13-35(33)38)39(40)42(51)47-24-46-21-26-14-27(22-46)16-28(15-26)23-46/h4-7,10-13,18-20,25-28,36-40H,1-3,8-9,14-17,21-24H2,(H,47,51)(H,48,50)(H,49,52)(H,53,54)(H,55,56)/t26?,27?,28?,36-,37?,38?,39?,40?,46?/m1/s1. The van der Waals surface area contributed by atoms with Crippen LogP contribution in [0.1, 0.15) is 132 Å². The van der Waals surface area contributed by atoms with Crippen molar-refractivity contribution >= 4 is 35.3 Å². The molecule has 0 aromatic heterocycles. The Morgan fingerprint density at radius 1 is 0.661 bits per heavy atom. The van der Waals surface area contributed by atoms with Gasteiger partial charge in [-0.2, -0.15) is 0 Å². The molecule has 292 valence electrons. The summed E-state index contributed by atoms with van der Waals surface area (Å²) in [7, 11) is 0. The van der Waals surface area contributed by atoms with Gasteiger partial charge in [0, 0.05) is 24.1 Å². The minimum atomic E-state index is -1.32. The van der Waals surface area contributed by atoms with Crippen molar-refractivity contribution in [2.24, 2.45) is 40.9 Å². The van der Waals surface area contributed by atoms with Gasteiger partial charge in [0.25, 0.3) is 0 Å². The molecule has 0 spiro atoms. The fourth-order valence-electron chi connectivity index (χ4n) is 12.6. The topological polar surface area (TPSA) is 162 Å². The largest absolute Gasteiger partial charge is 0.478 e. The molecule has 0 saturated heterocycles. The molecule has 0 radical (unpaired) electrons. The molecule has 8 aliphatic rings. The summed E-state index contributed by atoms with van der Waals surface area (Å²) in [5.74, 6) is -3.45. The number of nitrogens with one attached hydrogen (secondary N) is 3. The number of amides is 3. The maximum absolute atomic E-state index is 15.1. The number of aromatic carboxylic acids is 2. The summed E-state index contributed by atoms with van der Waals surface area (Å²) in [4.78, 5) is 68.0. The second-order valence-corrected chi connectivity index (χ2v) is 18.1. The van der Waals surface area contributed by atoms with E-state index >= 15 is 4.79 Å². The monoisotopic (exact) mass is 757 g/mol. The first-order valence-corrected chi connectivity index (χ1v) is 20.7. The molecule has 5 saturated carbocycles. The van der Waals surface area contributed by atoms with E-state index in [4.69, 9.17) is 0 Å². The first kappa shape index (κ1) is 36.6. The molecule has 10 nitrogen and oxygen atoms in total. The van der Waals surface area contributed by atoms with Crippen molar-refractivity contribution < 1.29 is 34.2 Å². The Kier molecular flexibility index (Phi) is 9.49. The van der Waals surface area contributed by atoms with Crippen molar-refractivity contribution in [1.29, 1.82) is 0 Å². The molecule has 5 fully saturated rings. The number of rotatable bonds is 11. The Labute approximate surface area is 327 Å². The zero-order chi connectivity index (χ0) is 38.7. The summed E-state index contributed by atoms with van der Waals surface area (Å²) in [5, 5.41) is 28.7. The molecule has 0 aliphatic heterocycles. The lowest BCUT2D eigenvalue weighted by molar-refractivity contribution is -0.139. The number of anilines is 1. The summed E-state index contributed by atoms with van der Waals surface area (Å²) < 4.78 is 0. The van der Waals surface area contributed by atoms with E-state index in [1.54, 1.807) is 0 Å². The van der Waals surface area contributed by atoms with E-state index in [9.17, 15) is 29.4 Å². The Bertz CT molecular complexity index is 1970. The van der Waals surface area contributed by atoms with Crippen molar-refractivity contribution in [2.45, 2.75) is 94.9 Å². The van der Waals surface area contributed by atoms with Crippen molar-refractivity contribution in [3.63, 3.8) is 0 Å². The van der Waals surface area contributed by atoms with Crippen molar-refractivity contribution in [3.8, 4) is 0 Å². The molecular formula is C46H51N3O7. The van der Waals surface area contributed by atoms with Crippen LogP contribution in [0.15, 0.2) is 66.7 Å². The first-order valence-electron chi connectivity index (χ1n) is 20.7. The average molecular weight is 758 g/mol. The quantitative estimate of drug-likeness (QED) is 0.137. The first-order chi connectivity index (χ1) is 27.1. The molecule has 11 rings (SSSR count). The molecule has 10 heteroatoms. The molecule has 56 heavy (non-hydrogen) atoms. The van der Waals surface area contributed by atoms with E-state index in [-0.39, 0.29) is 45.9 Å². The van der Waals surface area contributed by atoms with Gasteiger partial charge in [-0.3, -0.25) is 14.4 Å². The van der Waals surface area contributed by atoms with Crippen LogP contribution in [-0.2, 0) is 14.4 Å². The van der Waals surface area contributed by atoms with Gasteiger partial charge in [0.05, 0.1) is 23.0 Å². The summed E-state index contributed by atoms with van der Waals surface area (Å²) >= 11 is 0. The highest BCUT2D eigenvalue weighted by atomic mass is 16.4. The van der Waals surface area contributed by atoms with Crippen LogP contribution < -0.4 is 16.0 Å². The fraction of sp³-hybridized carbons (Fsp3) is 0.500. The van der Waals surface area contributed by atoms with Crippen LogP contribution in [0, 0.1) is 40.9 Å². The van der Waals surface area contributed by atoms with Gasteiger partial charge in [0.2, 0.25) is 17.7 Å². The number of carbonyl (C=O) groups excluding carboxylic acids is 3. The van der Waals surface area contributed by atoms with Crippen LogP contribution in [-0.4, -0.2) is 52.5 Å². The smallest absolute Gasteiger partial charge is 0.335 e. The molecule has 3 aromatic carbocycles. The molecule has 5 N–H and O–H groups in total. The van der Waals surface area contributed by atoms with Gasteiger partial charge in [-0.15, -0.1) is 0 Å². The van der Waals surface area contributed by atoms with Gasteiger partial charge in [-0.05, 0) is 114 Å². The number of carbonyl (C=O) groups is 5. The number of carboxylic acid groups (broad SMARTS) is 2. The lowest BCUT2D eigenvalue weighted by Gasteiger charge is -2.57.